The van der Waals surface area contributed by atoms with Gasteiger partial charge in [-0.2, -0.15) is 13.2 Å². The number of carbonyl (C=O) groups excluding carboxylic acids is 1. The number of aliphatic carboxylic acids is 1. The summed E-state index contributed by atoms with van der Waals surface area (Å²) in [5.74, 6) is -1.47. The van der Waals surface area contributed by atoms with Crippen LogP contribution in [-0.4, -0.2) is 46.9 Å². The summed E-state index contributed by atoms with van der Waals surface area (Å²) in [7, 11) is 0. The normalized spacial score (nSPS) is 23.8. The predicted octanol–water partition coefficient (Wildman–Crippen LogP) is 1.79. The summed E-state index contributed by atoms with van der Waals surface area (Å²) < 4.78 is 42.5. The molecule has 0 aliphatic carbocycles. The summed E-state index contributed by atoms with van der Waals surface area (Å²) >= 11 is 0. The SMILES string of the molecule is C=CCOC(=O)N1[C@H](C(=O)O)CC[C@@H]1C(F)(F)F. The molecule has 1 fully saturated rings. The van der Waals surface area contributed by atoms with Crippen LogP contribution in [0.5, 0.6) is 0 Å². The van der Waals surface area contributed by atoms with Crippen LogP contribution in [0.2, 0.25) is 0 Å². The number of halogens is 3. The van der Waals surface area contributed by atoms with Gasteiger partial charge in [0.1, 0.15) is 18.7 Å². The second-order valence-corrected chi connectivity index (χ2v) is 3.76. The monoisotopic (exact) mass is 267 g/mol. The van der Waals surface area contributed by atoms with E-state index in [2.05, 4.69) is 11.3 Å². The fraction of sp³-hybridized carbons (Fsp3) is 0.600. The molecule has 0 aromatic carbocycles. The van der Waals surface area contributed by atoms with Crippen molar-refractivity contribution in [3.8, 4) is 0 Å². The largest absolute Gasteiger partial charge is 0.480 e. The lowest BCUT2D eigenvalue weighted by molar-refractivity contribution is -0.177. The number of hydrogen-bond acceptors (Lipinski definition) is 3. The summed E-state index contributed by atoms with van der Waals surface area (Å²) in [6, 6.07) is -3.62. The number of alkyl halides is 3. The number of carboxylic acids is 1. The molecule has 1 rings (SSSR count). The summed E-state index contributed by atoms with van der Waals surface area (Å²) in [5, 5.41) is 8.80. The quantitative estimate of drug-likeness (QED) is 0.791. The van der Waals surface area contributed by atoms with Gasteiger partial charge in [-0.15, -0.1) is 0 Å². The number of ether oxygens (including phenoxy) is 1. The Labute approximate surface area is 101 Å². The molecule has 1 amide bonds. The van der Waals surface area contributed by atoms with Gasteiger partial charge in [-0.25, -0.2) is 9.59 Å². The van der Waals surface area contributed by atoms with Crippen molar-refractivity contribution in [2.45, 2.75) is 31.1 Å². The van der Waals surface area contributed by atoms with Gasteiger partial charge >= 0.3 is 18.2 Å². The van der Waals surface area contributed by atoms with E-state index >= 15 is 0 Å². The summed E-state index contributed by atoms with van der Waals surface area (Å²) in [6.07, 6.45) is -5.46. The van der Waals surface area contributed by atoms with E-state index in [0.717, 1.165) is 0 Å². The van der Waals surface area contributed by atoms with E-state index in [4.69, 9.17) is 5.11 Å². The Bertz CT molecular complexity index is 356. The van der Waals surface area contributed by atoms with Crippen LogP contribution < -0.4 is 0 Å². The first-order chi connectivity index (χ1) is 8.29. The van der Waals surface area contributed by atoms with Gasteiger partial charge in [0.25, 0.3) is 0 Å². The van der Waals surface area contributed by atoms with Gasteiger partial charge in [0.2, 0.25) is 0 Å². The van der Waals surface area contributed by atoms with E-state index < -0.39 is 36.7 Å². The van der Waals surface area contributed by atoms with Crippen LogP contribution in [0.4, 0.5) is 18.0 Å². The Morgan fingerprint density at radius 1 is 1.44 bits per heavy atom. The number of carboxylic acid groups (broad SMARTS) is 1. The van der Waals surface area contributed by atoms with Crippen molar-refractivity contribution in [2.75, 3.05) is 6.61 Å². The van der Waals surface area contributed by atoms with Crippen molar-refractivity contribution in [1.82, 2.24) is 4.90 Å². The highest BCUT2D eigenvalue weighted by molar-refractivity contribution is 5.81. The zero-order valence-electron chi connectivity index (χ0n) is 9.31. The summed E-state index contributed by atoms with van der Waals surface area (Å²) in [5.41, 5.74) is 0. The molecule has 0 spiro atoms. The maximum atomic E-state index is 12.7. The number of hydrogen-bond donors (Lipinski definition) is 1. The fourth-order valence-electron chi connectivity index (χ4n) is 1.83. The zero-order chi connectivity index (χ0) is 13.9. The third kappa shape index (κ3) is 2.93. The number of carbonyl (C=O) groups is 2. The molecule has 1 N–H and O–H groups in total. The van der Waals surface area contributed by atoms with Crippen molar-refractivity contribution < 1.29 is 32.6 Å². The molecule has 0 bridgehead atoms. The number of rotatable bonds is 3. The molecule has 1 saturated heterocycles. The third-order valence-electron chi connectivity index (χ3n) is 2.58. The van der Waals surface area contributed by atoms with Crippen LogP contribution in [-0.2, 0) is 9.53 Å². The highest BCUT2D eigenvalue weighted by atomic mass is 19.4. The molecule has 0 saturated carbocycles. The van der Waals surface area contributed by atoms with Crippen LogP contribution in [0.15, 0.2) is 12.7 Å². The van der Waals surface area contributed by atoms with Gasteiger partial charge in [-0.3, -0.25) is 4.90 Å². The molecular weight excluding hydrogens is 255 g/mol. The van der Waals surface area contributed by atoms with Gasteiger partial charge in [0, 0.05) is 0 Å². The van der Waals surface area contributed by atoms with Crippen molar-refractivity contribution in [2.24, 2.45) is 0 Å². The lowest BCUT2D eigenvalue weighted by atomic mass is 10.2. The number of amides is 1. The van der Waals surface area contributed by atoms with E-state index in [1.165, 1.54) is 6.08 Å². The lowest BCUT2D eigenvalue weighted by Crippen LogP contribution is -2.50. The van der Waals surface area contributed by atoms with Crippen LogP contribution in [0.3, 0.4) is 0 Å². The van der Waals surface area contributed by atoms with Gasteiger partial charge < -0.3 is 9.84 Å². The first-order valence-corrected chi connectivity index (χ1v) is 5.14. The van der Waals surface area contributed by atoms with E-state index in [0.29, 0.717) is 0 Å². The van der Waals surface area contributed by atoms with E-state index in [-0.39, 0.29) is 17.9 Å². The molecule has 1 aliphatic heterocycles. The van der Waals surface area contributed by atoms with E-state index in [1.807, 2.05) is 0 Å². The Hall–Kier alpha value is -1.73. The molecule has 0 aromatic rings. The topological polar surface area (TPSA) is 66.8 Å². The highest BCUT2D eigenvalue weighted by Gasteiger charge is 2.54. The molecule has 0 unspecified atom stereocenters. The molecule has 102 valence electrons. The van der Waals surface area contributed by atoms with Crippen LogP contribution in [0.25, 0.3) is 0 Å². The van der Waals surface area contributed by atoms with Gasteiger partial charge in [0.15, 0.2) is 0 Å². The molecule has 0 aromatic heterocycles. The Morgan fingerprint density at radius 2 is 2.06 bits per heavy atom. The van der Waals surface area contributed by atoms with Crippen LogP contribution in [0, 0.1) is 0 Å². The number of likely N-dealkylation sites (tertiary alicyclic amines) is 1. The van der Waals surface area contributed by atoms with Crippen molar-refractivity contribution >= 4 is 12.1 Å². The highest BCUT2D eigenvalue weighted by Crippen LogP contribution is 2.36. The summed E-state index contributed by atoms with van der Waals surface area (Å²) in [6.45, 7) is 2.98. The average Bonchev–Trinajstić information content (AvgIpc) is 2.69. The Balaban J connectivity index is 2.91. The van der Waals surface area contributed by atoms with Crippen molar-refractivity contribution in [3.05, 3.63) is 12.7 Å². The summed E-state index contributed by atoms with van der Waals surface area (Å²) in [4.78, 5) is 22.5. The van der Waals surface area contributed by atoms with Crippen molar-refractivity contribution in [3.63, 3.8) is 0 Å². The second kappa shape index (κ2) is 5.28. The Kier molecular flexibility index (Phi) is 4.20. The standard InChI is InChI=1S/C10H12F3NO4/c1-2-5-18-9(17)14-6(8(15)16)3-4-7(14)10(11,12)13/h2,6-7H,1,3-5H2,(H,15,16)/t6-,7+/m0/s1. The fourth-order valence-corrected chi connectivity index (χ4v) is 1.83. The van der Waals surface area contributed by atoms with Gasteiger partial charge in [0.05, 0.1) is 0 Å². The maximum absolute atomic E-state index is 12.7. The minimum Gasteiger partial charge on any atom is -0.480 e. The molecule has 1 aliphatic rings. The second-order valence-electron chi connectivity index (χ2n) is 3.76. The van der Waals surface area contributed by atoms with E-state index in [1.54, 1.807) is 0 Å². The minimum atomic E-state index is -4.67. The van der Waals surface area contributed by atoms with Crippen molar-refractivity contribution in [1.29, 1.82) is 0 Å². The van der Waals surface area contributed by atoms with Crippen LogP contribution >= 0.6 is 0 Å². The smallest absolute Gasteiger partial charge is 0.411 e. The molecule has 2 atom stereocenters. The maximum Gasteiger partial charge on any atom is 0.411 e. The average molecular weight is 267 g/mol. The van der Waals surface area contributed by atoms with E-state index in [9.17, 15) is 22.8 Å². The number of nitrogens with zero attached hydrogens (tertiary/aromatic N) is 1. The molecule has 5 nitrogen and oxygen atoms in total. The van der Waals surface area contributed by atoms with Gasteiger partial charge in [-0.1, -0.05) is 12.7 Å². The third-order valence-corrected chi connectivity index (χ3v) is 2.58. The predicted molar refractivity (Wildman–Crippen MR) is 53.9 cm³/mol. The molecule has 0 radical (unpaired) electrons. The first-order valence-electron chi connectivity index (χ1n) is 5.14. The molecule has 18 heavy (non-hydrogen) atoms. The first kappa shape index (κ1) is 14.3. The molecule has 1 heterocycles. The Morgan fingerprint density at radius 3 is 2.50 bits per heavy atom. The zero-order valence-corrected chi connectivity index (χ0v) is 9.31. The minimum absolute atomic E-state index is 0.242. The molecule has 8 heteroatoms. The molecular formula is C10H12F3NO4. The van der Waals surface area contributed by atoms with Crippen LogP contribution in [0.1, 0.15) is 12.8 Å². The lowest BCUT2D eigenvalue weighted by Gasteiger charge is -2.28. The van der Waals surface area contributed by atoms with Gasteiger partial charge in [-0.05, 0) is 12.8 Å².